The summed E-state index contributed by atoms with van der Waals surface area (Å²) in [7, 11) is 1.82. The van der Waals surface area contributed by atoms with Crippen molar-refractivity contribution in [3.8, 4) is 0 Å². The zero-order valence-electron chi connectivity index (χ0n) is 9.15. The van der Waals surface area contributed by atoms with Gasteiger partial charge in [-0.2, -0.15) is 5.10 Å². The number of aryl methyl sites for hydroxylation is 1. The summed E-state index contributed by atoms with van der Waals surface area (Å²) in [6.45, 7) is 4.80. The van der Waals surface area contributed by atoms with E-state index >= 15 is 0 Å². The third kappa shape index (κ3) is 2.33. The molecule has 1 atom stereocenters. The van der Waals surface area contributed by atoms with Crippen molar-refractivity contribution < 1.29 is 10.2 Å². The third-order valence-corrected chi connectivity index (χ3v) is 2.61. The Bertz CT molecular complexity index is 310. The summed E-state index contributed by atoms with van der Waals surface area (Å²) in [6, 6.07) is 1.83. The van der Waals surface area contributed by atoms with E-state index in [1.54, 1.807) is 25.5 Å². The summed E-state index contributed by atoms with van der Waals surface area (Å²) >= 11 is 0. The van der Waals surface area contributed by atoms with Gasteiger partial charge in [0.15, 0.2) is 0 Å². The minimum Gasteiger partial charge on any atom is -0.387 e. The van der Waals surface area contributed by atoms with Crippen LogP contribution in [0.3, 0.4) is 0 Å². The molecule has 14 heavy (non-hydrogen) atoms. The van der Waals surface area contributed by atoms with Crippen LogP contribution in [0.25, 0.3) is 0 Å². The van der Waals surface area contributed by atoms with Gasteiger partial charge in [-0.05, 0) is 26.8 Å². The van der Waals surface area contributed by atoms with Gasteiger partial charge in [-0.15, -0.1) is 0 Å². The minimum atomic E-state index is -1.17. The van der Waals surface area contributed by atoms with Crippen molar-refractivity contribution in [1.29, 1.82) is 0 Å². The summed E-state index contributed by atoms with van der Waals surface area (Å²) < 4.78 is 1.68. The smallest absolute Gasteiger partial charge is 0.0955 e. The number of aromatic nitrogens is 2. The van der Waals surface area contributed by atoms with Gasteiger partial charge in [0.05, 0.1) is 16.9 Å². The van der Waals surface area contributed by atoms with E-state index in [-0.39, 0.29) is 0 Å². The molecule has 0 fully saturated rings. The van der Waals surface area contributed by atoms with Crippen LogP contribution in [-0.2, 0) is 13.5 Å². The standard InChI is InChI=1S/C10H18N2O2/c1-9(2,13)10(3,14)7-8-5-6-12(4)11-8/h5-6,13-14H,7H2,1-4H3. The fraction of sp³-hybridized carbons (Fsp3) is 0.700. The van der Waals surface area contributed by atoms with Crippen LogP contribution in [-0.4, -0.2) is 31.2 Å². The maximum atomic E-state index is 10.0. The molecule has 0 bridgehead atoms. The van der Waals surface area contributed by atoms with Gasteiger partial charge < -0.3 is 10.2 Å². The van der Waals surface area contributed by atoms with Crippen molar-refractivity contribution >= 4 is 0 Å². The highest BCUT2D eigenvalue weighted by atomic mass is 16.4. The van der Waals surface area contributed by atoms with E-state index in [1.807, 2.05) is 19.3 Å². The van der Waals surface area contributed by atoms with E-state index < -0.39 is 11.2 Å². The second-order valence-electron chi connectivity index (χ2n) is 4.49. The number of hydrogen-bond acceptors (Lipinski definition) is 3. The average Bonchev–Trinajstić information content (AvgIpc) is 2.31. The van der Waals surface area contributed by atoms with E-state index in [4.69, 9.17) is 0 Å². The lowest BCUT2D eigenvalue weighted by atomic mass is 9.84. The van der Waals surface area contributed by atoms with Crippen molar-refractivity contribution in [1.82, 2.24) is 9.78 Å². The first-order chi connectivity index (χ1) is 6.22. The summed E-state index contributed by atoms with van der Waals surface area (Å²) in [6.07, 6.45) is 2.16. The van der Waals surface area contributed by atoms with Crippen LogP contribution in [0.2, 0.25) is 0 Å². The fourth-order valence-electron chi connectivity index (χ4n) is 1.13. The van der Waals surface area contributed by atoms with Gasteiger partial charge in [-0.25, -0.2) is 0 Å². The Morgan fingerprint density at radius 3 is 2.29 bits per heavy atom. The SMILES string of the molecule is Cn1ccc(CC(C)(O)C(C)(C)O)n1. The van der Waals surface area contributed by atoms with Crippen molar-refractivity contribution in [2.24, 2.45) is 7.05 Å². The number of hydrogen-bond donors (Lipinski definition) is 2. The van der Waals surface area contributed by atoms with Gasteiger partial charge in [0, 0.05) is 19.7 Å². The highest BCUT2D eigenvalue weighted by Gasteiger charge is 2.38. The highest BCUT2D eigenvalue weighted by Crippen LogP contribution is 2.24. The average molecular weight is 198 g/mol. The predicted molar refractivity (Wildman–Crippen MR) is 53.8 cm³/mol. The van der Waals surface area contributed by atoms with Gasteiger partial charge in [0.25, 0.3) is 0 Å². The van der Waals surface area contributed by atoms with Gasteiger partial charge in [0.1, 0.15) is 0 Å². The molecule has 0 amide bonds. The molecule has 1 unspecified atom stereocenters. The molecule has 4 heteroatoms. The van der Waals surface area contributed by atoms with Crippen molar-refractivity contribution in [2.75, 3.05) is 0 Å². The Labute approximate surface area is 84.2 Å². The van der Waals surface area contributed by atoms with Crippen molar-refractivity contribution in [2.45, 2.75) is 38.4 Å². The molecule has 0 aromatic carbocycles. The first-order valence-corrected chi connectivity index (χ1v) is 4.66. The quantitative estimate of drug-likeness (QED) is 0.743. The van der Waals surface area contributed by atoms with Crippen molar-refractivity contribution in [3.63, 3.8) is 0 Å². The molecule has 80 valence electrons. The van der Waals surface area contributed by atoms with Crippen LogP contribution in [0.5, 0.6) is 0 Å². The van der Waals surface area contributed by atoms with Crippen LogP contribution < -0.4 is 0 Å². The highest BCUT2D eigenvalue weighted by molar-refractivity contribution is 5.06. The first kappa shape index (κ1) is 11.2. The molecule has 1 heterocycles. The van der Waals surface area contributed by atoms with E-state index in [0.717, 1.165) is 5.69 Å². The summed E-state index contributed by atoms with van der Waals surface area (Å²) in [5.74, 6) is 0. The molecule has 0 aliphatic rings. The molecular formula is C10H18N2O2. The molecule has 0 saturated heterocycles. The summed E-state index contributed by atoms with van der Waals surface area (Å²) in [4.78, 5) is 0. The minimum absolute atomic E-state index is 0.345. The normalized spacial score (nSPS) is 16.7. The van der Waals surface area contributed by atoms with Crippen molar-refractivity contribution in [3.05, 3.63) is 18.0 Å². The molecule has 1 rings (SSSR count). The lowest BCUT2D eigenvalue weighted by Crippen LogP contribution is -2.49. The lowest BCUT2D eigenvalue weighted by molar-refractivity contribution is -0.119. The molecular weight excluding hydrogens is 180 g/mol. The van der Waals surface area contributed by atoms with Crippen LogP contribution >= 0.6 is 0 Å². The fourth-order valence-corrected chi connectivity index (χ4v) is 1.13. The zero-order chi connectivity index (χ0) is 11.0. The molecule has 0 spiro atoms. The molecule has 1 aromatic rings. The summed E-state index contributed by atoms with van der Waals surface area (Å²) in [5.41, 5.74) is -1.52. The number of aliphatic hydroxyl groups is 2. The van der Waals surface area contributed by atoms with E-state index in [0.29, 0.717) is 6.42 Å². The number of nitrogens with zero attached hydrogens (tertiary/aromatic N) is 2. The van der Waals surface area contributed by atoms with Crippen LogP contribution in [0, 0.1) is 0 Å². The van der Waals surface area contributed by atoms with Crippen LogP contribution in [0.4, 0.5) is 0 Å². The maximum Gasteiger partial charge on any atom is 0.0955 e. The third-order valence-electron chi connectivity index (χ3n) is 2.61. The van der Waals surface area contributed by atoms with Gasteiger partial charge >= 0.3 is 0 Å². The molecule has 4 nitrogen and oxygen atoms in total. The Hall–Kier alpha value is -0.870. The monoisotopic (exact) mass is 198 g/mol. The first-order valence-electron chi connectivity index (χ1n) is 4.66. The Balaban J connectivity index is 2.78. The Kier molecular flexibility index (Phi) is 2.69. The largest absolute Gasteiger partial charge is 0.387 e. The van der Waals surface area contributed by atoms with Crippen LogP contribution in [0.1, 0.15) is 26.5 Å². The Morgan fingerprint density at radius 1 is 1.36 bits per heavy atom. The van der Waals surface area contributed by atoms with E-state index in [9.17, 15) is 10.2 Å². The molecule has 0 aliphatic carbocycles. The number of rotatable bonds is 3. The molecule has 1 aromatic heterocycles. The summed E-state index contributed by atoms with van der Waals surface area (Å²) in [5, 5.41) is 23.9. The van der Waals surface area contributed by atoms with E-state index in [1.165, 1.54) is 0 Å². The maximum absolute atomic E-state index is 10.0. The lowest BCUT2D eigenvalue weighted by Gasteiger charge is -2.35. The van der Waals surface area contributed by atoms with Gasteiger partial charge in [-0.1, -0.05) is 0 Å². The van der Waals surface area contributed by atoms with Crippen LogP contribution in [0.15, 0.2) is 12.3 Å². The molecule has 0 aliphatic heterocycles. The Morgan fingerprint density at radius 2 is 1.93 bits per heavy atom. The second kappa shape index (κ2) is 3.37. The second-order valence-corrected chi connectivity index (χ2v) is 4.49. The molecule has 0 saturated carbocycles. The zero-order valence-corrected chi connectivity index (χ0v) is 9.15. The predicted octanol–water partition coefficient (Wildman–Crippen LogP) is 0.484. The molecule has 2 N–H and O–H groups in total. The molecule has 0 radical (unpaired) electrons. The van der Waals surface area contributed by atoms with Gasteiger partial charge in [0.2, 0.25) is 0 Å². The van der Waals surface area contributed by atoms with Gasteiger partial charge in [-0.3, -0.25) is 4.68 Å². The topological polar surface area (TPSA) is 58.3 Å². The van der Waals surface area contributed by atoms with E-state index in [2.05, 4.69) is 5.10 Å².